The highest BCUT2D eigenvalue weighted by molar-refractivity contribution is 5.19. The fourth-order valence-electron chi connectivity index (χ4n) is 1.65. The third-order valence-electron chi connectivity index (χ3n) is 2.26. The van der Waals surface area contributed by atoms with Gasteiger partial charge in [-0.3, -0.25) is 0 Å². The summed E-state index contributed by atoms with van der Waals surface area (Å²) in [5.74, 6) is 0.246. The molecule has 0 aliphatic heterocycles. The number of likely N-dealkylation sites (N-methyl/N-ethyl adjacent to an activating group) is 1. The quantitative estimate of drug-likeness (QED) is 0.763. The normalized spacial score (nSPS) is 13.1. The number of hydrogen-bond donors (Lipinski definition) is 1. The molecule has 0 heterocycles. The third kappa shape index (κ3) is 4.93. The van der Waals surface area contributed by atoms with Crippen molar-refractivity contribution >= 4 is 0 Å². The van der Waals surface area contributed by atoms with Crippen LogP contribution in [0.3, 0.4) is 0 Å². The third-order valence-corrected chi connectivity index (χ3v) is 2.26. The van der Waals surface area contributed by atoms with Crippen LogP contribution in [0.1, 0.15) is 11.5 Å². The van der Waals surface area contributed by atoms with Crippen LogP contribution in [0.25, 0.3) is 0 Å². The van der Waals surface area contributed by atoms with E-state index in [1.165, 1.54) is 5.56 Å². The van der Waals surface area contributed by atoms with Gasteiger partial charge in [-0.25, -0.2) is 0 Å². The molecular formula is C12H21NO2. The van der Waals surface area contributed by atoms with Gasteiger partial charge < -0.3 is 15.1 Å². The van der Waals surface area contributed by atoms with Gasteiger partial charge in [0.05, 0.1) is 40.2 Å². The monoisotopic (exact) mass is 211 g/mol. The lowest BCUT2D eigenvalue weighted by atomic mass is 9.99. The van der Waals surface area contributed by atoms with Crippen molar-refractivity contribution in [3.8, 4) is 0 Å². The summed E-state index contributed by atoms with van der Waals surface area (Å²) in [4.78, 5) is 0. The fourth-order valence-corrected chi connectivity index (χ4v) is 1.65. The lowest BCUT2D eigenvalue weighted by molar-refractivity contribution is -0.871. The van der Waals surface area contributed by atoms with Crippen molar-refractivity contribution in [2.45, 2.75) is 5.92 Å². The van der Waals surface area contributed by atoms with Gasteiger partial charge >= 0.3 is 0 Å². The summed E-state index contributed by atoms with van der Waals surface area (Å²) < 4.78 is 0.875. The van der Waals surface area contributed by atoms with Gasteiger partial charge in [-0.15, -0.1) is 0 Å². The van der Waals surface area contributed by atoms with E-state index in [0.717, 1.165) is 11.0 Å². The minimum atomic E-state index is 0. The predicted octanol–water partition coefficient (Wildman–Crippen LogP) is 1.29. The van der Waals surface area contributed by atoms with Gasteiger partial charge in [-0.1, -0.05) is 30.3 Å². The Morgan fingerprint density at radius 1 is 1.13 bits per heavy atom. The number of benzene rings is 1. The second-order valence-corrected chi connectivity index (χ2v) is 4.76. The van der Waals surface area contributed by atoms with Crippen molar-refractivity contribution < 1.29 is 15.1 Å². The molecule has 0 saturated heterocycles. The van der Waals surface area contributed by atoms with Crippen molar-refractivity contribution in [2.75, 3.05) is 34.3 Å². The molecule has 0 saturated carbocycles. The summed E-state index contributed by atoms with van der Waals surface area (Å²) in [6.45, 7) is 1.18. The molecule has 0 radical (unpaired) electrons. The minimum Gasteiger partial charge on any atom is -0.870 e. The van der Waals surface area contributed by atoms with Gasteiger partial charge in [0, 0.05) is 0 Å². The van der Waals surface area contributed by atoms with Gasteiger partial charge in [-0.2, -0.15) is 0 Å². The summed E-state index contributed by atoms with van der Waals surface area (Å²) in [5.41, 5.74) is 1.23. The van der Waals surface area contributed by atoms with Crippen LogP contribution < -0.4 is 0 Å². The molecule has 0 bridgehead atoms. The number of aliphatic hydroxyl groups is 1. The fraction of sp³-hybridized carbons (Fsp3) is 0.500. The zero-order valence-electron chi connectivity index (χ0n) is 9.72. The van der Waals surface area contributed by atoms with Crippen LogP contribution in [0.15, 0.2) is 30.3 Å². The lowest BCUT2D eigenvalue weighted by Gasteiger charge is -2.28. The van der Waals surface area contributed by atoms with Gasteiger partial charge in [0.15, 0.2) is 0 Å². The maximum Gasteiger partial charge on any atom is 0.0872 e. The Hall–Kier alpha value is -0.900. The van der Waals surface area contributed by atoms with Crippen molar-refractivity contribution in [1.29, 1.82) is 0 Å². The zero-order valence-corrected chi connectivity index (χ0v) is 9.72. The van der Waals surface area contributed by atoms with Crippen molar-refractivity contribution in [2.24, 2.45) is 0 Å². The van der Waals surface area contributed by atoms with Crippen LogP contribution in [-0.2, 0) is 0 Å². The molecule has 1 atom stereocenters. The van der Waals surface area contributed by atoms with E-state index in [0.29, 0.717) is 0 Å². The highest BCUT2D eigenvalue weighted by Crippen LogP contribution is 2.17. The molecule has 0 aliphatic carbocycles. The van der Waals surface area contributed by atoms with E-state index in [-0.39, 0.29) is 18.0 Å². The van der Waals surface area contributed by atoms with Gasteiger partial charge in [0.1, 0.15) is 0 Å². The van der Waals surface area contributed by atoms with E-state index in [4.69, 9.17) is 0 Å². The first-order chi connectivity index (χ1) is 6.53. The standard InChI is InChI=1S/C12H20NO.H2O/c1-13(2,3)9-12(10-14)11-7-5-4-6-8-11;/h4-8,12,14H,9-10H2,1-3H3;1H2/q+1;/p-1. The Bertz CT molecular complexity index is 267. The number of nitrogens with zero attached hydrogens (tertiary/aromatic N) is 1. The Labute approximate surface area is 91.9 Å². The minimum absolute atomic E-state index is 0. The van der Waals surface area contributed by atoms with Crippen LogP contribution in [0.4, 0.5) is 0 Å². The average molecular weight is 211 g/mol. The second-order valence-electron chi connectivity index (χ2n) is 4.76. The Balaban J connectivity index is 0.00000196. The van der Waals surface area contributed by atoms with Crippen LogP contribution >= 0.6 is 0 Å². The van der Waals surface area contributed by atoms with Gasteiger partial charge in [-0.05, 0) is 5.56 Å². The summed E-state index contributed by atoms with van der Waals surface area (Å²) in [6.07, 6.45) is 0. The maximum atomic E-state index is 9.33. The average Bonchev–Trinajstić information content (AvgIpc) is 2.14. The smallest absolute Gasteiger partial charge is 0.0872 e. The molecule has 86 valence electrons. The van der Waals surface area contributed by atoms with Crippen LogP contribution in [0.2, 0.25) is 0 Å². The predicted molar refractivity (Wildman–Crippen MR) is 61.1 cm³/mol. The molecule has 1 rings (SSSR count). The molecule has 0 aromatic heterocycles. The summed E-state index contributed by atoms with van der Waals surface area (Å²) in [5, 5.41) is 9.33. The van der Waals surface area contributed by atoms with E-state index < -0.39 is 0 Å². The van der Waals surface area contributed by atoms with E-state index >= 15 is 0 Å². The van der Waals surface area contributed by atoms with Gasteiger partial charge in [0.25, 0.3) is 0 Å². The maximum absolute atomic E-state index is 9.33. The lowest BCUT2D eigenvalue weighted by Crippen LogP contribution is -2.39. The van der Waals surface area contributed by atoms with Crippen LogP contribution in [-0.4, -0.2) is 49.4 Å². The molecule has 0 spiro atoms. The topological polar surface area (TPSA) is 50.2 Å². The van der Waals surface area contributed by atoms with Gasteiger partial charge in [0.2, 0.25) is 0 Å². The van der Waals surface area contributed by atoms with Crippen LogP contribution in [0, 0.1) is 0 Å². The Morgan fingerprint density at radius 3 is 2.07 bits per heavy atom. The SMILES string of the molecule is C[N+](C)(C)CC(CO)c1ccccc1.[OH-]. The molecule has 1 unspecified atom stereocenters. The van der Waals surface area contributed by atoms with E-state index in [9.17, 15) is 5.11 Å². The molecule has 15 heavy (non-hydrogen) atoms. The largest absolute Gasteiger partial charge is 0.870 e. The number of quaternary nitrogens is 1. The zero-order chi connectivity index (χ0) is 10.6. The van der Waals surface area contributed by atoms with E-state index in [1.54, 1.807) is 0 Å². The molecular weight excluding hydrogens is 190 g/mol. The van der Waals surface area contributed by atoms with E-state index in [1.807, 2.05) is 18.2 Å². The summed E-state index contributed by atoms with van der Waals surface area (Å²) in [6, 6.07) is 10.2. The number of rotatable bonds is 4. The molecule has 3 nitrogen and oxygen atoms in total. The number of hydrogen-bond acceptors (Lipinski definition) is 2. The molecule has 1 aromatic rings. The first-order valence-corrected chi connectivity index (χ1v) is 4.99. The highest BCUT2D eigenvalue weighted by Gasteiger charge is 2.18. The molecule has 1 aromatic carbocycles. The summed E-state index contributed by atoms with van der Waals surface area (Å²) in [7, 11) is 6.43. The Kier molecular flexibility index (Phi) is 5.50. The first kappa shape index (κ1) is 14.1. The molecule has 0 fully saturated rings. The summed E-state index contributed by atoms with van der Waals surface area (Å²) >= 11 is 0. The molecule has 2 N–H and O–H groups in total. The van der Waals surface area contributed by atoms with Crippen molar-refractivity contribution in [1.82, 2.24) is 0 Å². The molecule has 0 aliphatic rings. The van der Waals surface area contributed by atoms with Crippen LogP contribution in [0.5, 0.6) is 0 Å². The highest BCUT2D eigenvalue weighted by atomic mass is 16.3. The second kappa shape index (κ2) is 5.85. The molecule has 3 heteroatoms. The number of aliphatic hydroxyl groups excluding tert-OH is 1. The Morgan fingerprint density at radius 2 is 1.67 bits per heavy atom. The van der Waals surface area contributed by atoms with Crippen molar-refractivity contribution in [3.05, 3.63) is 35.9 Å². The van der Waals surface area contributed by atoms with E-state index in [2.05, 4.69) is 33.3 Å². The first-order valence-electron chi connectivity index (χ1n) is 4.99. The molecule has 0 amide bonds. The van der Waals surface area contributed by atoms with Crippen molar-refractivity contribution in [3.63, 3.8) is 0 Å².